The van der Waals surface area contributed by atoms with Crippen molar-refractivity contribution in [3.8, 4) is 22.8 Å². The molecule has 21 heavy (non-hydrogen) atoms. The smallest absolute Gasteiger partial charge is 0.181 e. The van der Waals surface area contributed by atoms with Gasteiger partial charge in [0, 0.05) is 23.4 Å². The van der Waals surface area contributed by atoms with Crippen molar-refractivity contribution < 1.29 is 14.6 Å². The van der Waals surface area contributed by atoms with E-state index in [1.54, 1.807) is 18.3 Å². The number of hydrogen-bond acceptors (Lipinski definition) is 5. The van der Waals surface area contributed by atoms with Gasteiger partial charge in [-0.15, -0.1) is 0 Å². The Hall–Kier alpha value is -2.95. The molecule has 0 spiro atoms. The van der Waals surface area contributed by atoms with Crippen molar-refractivity contribution in [3.05, 3.63) is 60.6 Å². The minimum atomic E-state index is -0.116. The second-order valence-electron chi connectivity index (χ2n) is 4.58. The van der Waals surface area contributed by atoms with E-state index in [9.17, 15) is 10.2 Å². The summed E-state index contributed by atoms with van der Waals surface area (Å²) in [6, 6.07) is 12.6. The molecular formula is C16H14N2O3. The summed E-state index contributed by atoms with van der Waals surface area (Å²) in [6.45, 7) is 0.419. The third kappa shape index (κ3) is 2.81. The van der Waals surface area contributed by atoms with Gasteiger partial charge in [-0.2, -0.15) is 0 Å². The van der Waals surface area contributed by atoms with Crippen LogP contribution in [0.15, 0.2) is 59.5 Å². The predicted octanol–water partition coefficient (Wildman–Crippen LogP) is 3.36. The molecule has 0 atom stereocenters. The summed E-state index contributed by atoms with van der Waals surface area (Å²) in [5.74, 6) is 0.505. The minimum Gasteiger partial charge on any atom is -0.504 e. The van der Waals surface area contributed by atoms with Crippen molar-refractivity contribution >= 4 is 5.69 Å². The van der Waals surface area contributed by atoms with Gasteiger partial charge in [-0.05, 0) is 30.3 Å². The Morgan fingerprint density at radius 1 is 1.05 bits per heavy atom. The van der Waals surface area contributed by atoms with Crippen molar-refractivity contribution in [1.29, 1.82) is 0 Å². The average Bonchev–Trinajstić information content (AvgIpc) is 3.04. The fourth-order valence-corrected chi connectivity index (χ4v) is 2.03. The van der Waals surface area contributed by atoms with Crippen molar-refractivity contribution in [1.82, 2.24) is 4.98 Å². The largest absolute Gasteiger partial charge is 0.504 e. The quantitative estimate of drug-likeness (QED) is 0.639. The maximum Gasteiger partial charge on any atom is 0.181 e. The minimum absolute atomic E-state index is 0.0942. The number of oxazole rings is 1. The average molecular weight is 282 g/mol. The van der Waals surface area contributed by atoms with Gasteiger partial charge in [0.15, 0.2) is 23.7 Å². The second-order valence-corrected chi connectivity index (χ2v) is 4.58. The zero-order valence-corrected chi connectivity index (χ0v) is 11.2. The maximum absolute atomic E-state index is 9.74. The molecule has 0 aliphatic carbocycles. The lowest BCUT2D eigenvalue weighted by Gasteiger charge is -2.09. The van der Waals surface area contributed by atoms with Gasteiger partial charge in [0.05, 0.1) is 6.20 Å². The number of aromatic hydroxyl groups is 2. The van der Waals surface area contributed by atoms with Crippen molar-refractivity contribution in [2.75, 3.05) is 5.32 Å². The molecule has 1 aromatic heterocycles. The summed E-state index contributed by atoms with van der Waals surface area (Å²) in [4.78, 5) is 3.88. The summed E-state index contributed by atoms with van der Waals surface area (Å²) >= 11 is 0. The third-order valence-corrected chi connectivity index (χ3v) is 3.18. The molecule has 0 unspecified atom stereocenters. The Labute approximate surface area is 121 Å². The highest BCUT2D eigenvalue weighted by Gasteiger charge is 2.06. The maximum atomic E-state index is 9.74. The van der Waals surface area contributed by atoms with E-state index in [2.05, 4.69) is 10.3 Å². The molecule has 0 aliphatic rings. The van der Waals surface area contributed by atoms with Crippen molar-refractivity contribution in [3.63, 3.8) is 0 Å². The number of benzene rings is 2. The molecule has 5 heteroatoms. The molecule has 1 heterocycles. The highest BCUT2D eigenvalue weighted by molar-refractivity contribution is 5.60. The van der Waals surface area contributed by atoms with E-state index < -0.39 is 0 Å². The van der Waals surface area contributed by atoms with E-state index >= 15 is 0 Å². The molecule has 0 saturated heterocycles. The number of para-hydroxylation sites is 1. The molecule has 0 saturated carbocycles. The molecule has 3 aromatic rings. The number of aromatic nitrogens is 1. The highest BCUT2D eigenvalue weighted by atomic mass is 16.3. The van der Waals surface area contributed by atoms with Crippen LogP contribution < -0.4 is 5.32 Å². The SMILES string of the molecule is Oc1cccc(CNc2ccc(-c3cnco3)cc2)c1O. The predicted molar refractivity (Wildman–Crippen MR) is 79.0 cm³/mol. The first-order valence-corrected chi connectivity index (χ1v) is 6.46. The van der Waals surface area contributed by atoms with Crippen LogP contribution in [0.4, 0.5) is 5.69 Å². The summed E-state index contributed by atoms with van der Waals surface area (Å²) in [5, 5.41) is 22.4. The Balaban J connectivity index is 1.70. The molecule has 0 fully saturated rings. The number of phenolic OH excluding ortho intramolecular Hbond substituents is 2. The van der Waals surface area contributed by atoms with E-state index in [1.165, 1.54) is 12.5 Å². The molecule has 3 rings (SSSR count). The lowest BCUT2D eigenvalue weighted by Crippen LogP contribution is -1.99. The Kier molecular flexibility index (Phi) is 3.47. The van der Waals surface area contributed by atoms with Gasteiger partial charge in [-0.3, -0.25) is 0 Å². The van der Waals surface area contributed by atoms with Gasteiger partial charge in [-0.1, -0.05) is 12.1 Å². The third-order valence-electron chi connectivity index (χ3n) is 3.18. The first-order valence-electron chi connectivity index (χ1n) is 6.46. The molecule has 3 N–H and O–H groups in total. The zero-order valence-electron chi connectivity index (χ0n) is 11.2. The van der Waals surface area contributed by atoms with Crippen molar-refractivity contribution in [2.24, 2.45) is 0 Å². The van der Waals surface area contributed by atoms with E-state index in [0.717, 1.165) is 11.3 Å². The summed E-state index contributed by atoms with van der Waals surface area (Å²) in [6.07, 6.45) is 3.05. The number of nitrogens with zero attached hydrogens (tertiary/aromatic N) is 1. The normalized spacial score (nSPS) is 10.5. The van der Waals surface area contributed by atoms with Crippen LogP contribution in [0.25, 0.3) is 11.3 Å². The molecule has 0 bridgehead atoms. The van der Waals surface area contributed by atoms with Gasteiger partial charge in [0.2, 0.25) is 0 Å². The van der Waals surface area contributed by atoms with Gasteiger partial charge in [-0.25, -0.2) is 4.98 Å². The zero-order chi connectivity index (χ0) is 14.7. The summed E-state index contributed by atoms with van der Waals surface area (Å²) in [7, 11) is 0. The number of phenols is 2. The molecule has 0 amide bonds. The standard InChI is InChI=1S/C16H14N2O3/c19-14-3-1-2-12(16(14)20)8-18-13-6-4-11(5-7-13)15-9-17-10-21-15/h1-7,9-10,18-20H,8H2. The monoisotopic (exact) mass is 282 g/mol. The van der Waals surface area contributed by atoms with Gasteiger partial charge in [0.1, 0.15) is 0 Å². The van der Waals surface area contributed by atoms with Crippen LogP contribution in [0.3, 0.4) is 0 Å². The lowest BCUT2D eigenvalue weighted by atomic mass is 10.1. The second kappa shape index (κ2) is 5.58. The molecule has 0 radical (unpaired) electrons. The van der Waals surface area contributed by atoms with E-state index in [-0.39, 0.29) is 11.5 Å². The fourth-order valence-electron chi connectivity index (χ4n) is 2.03. The van der Waals surface area contributed by atoms with Crippen LogP contribution in [0, 0.1) is 0 Å². The van der Waals surface area contributed by atoms with Gasteiger partial charge < -0.3 is 19.9 Å². The van der Waals surface area contributed by atoms with Crippen LogP contribution in [0.2, 0.25) is 0 Å². The number of nitrogens with one attached hydrogen (secondary N) is 1. The molecular weight excluding hydrogens is 268 g/mol. The van der Waals surface area contributed by atoms with Gasteiger partial charge >= 0.3 is 0 Å². The summed E-state index contributed by atoms with van der Waals surface area (Å²) < 4.78 is 5.23. The number of hydrogen-bond donors (Lipinski definition) is 3. The van der Waals surface area contributed by atoms with Gasteiger partial charge in [0.25, 0.3) is 0 Å². The van der Waals surface area contributed by atoms with E-state index in [0.29, 0.717) is 17.9 Å². The molecule has 0 aliphatic heterocycles. The van der Waals surface area contributed by atoms with E-state index in [1.807, 2.05) is 24.3 Å². The van der Waals surface area contributed by atoms with Crippen LogP contribution in [0.5, 0.6) is 11.5 Å². The van der Waals surface area contributed by atoms with Crippen LogP contribution >= 0.6 is 0 Å². The Bertz CT molecular complexity index is 722. The van der Waals surface area contributed by atoms with Crippen LogP contribution in [0.1, 0.15) is 5.56 Å². The highest BCUT2D eigenvalue weighted by Crippen LogP contribution is 2.29. The first-order chi connectivity index (χ1) is 10.2. The lowest BCUT2D eigenvalue weighted by molar-refractivity contribution is 0.400. The fraction of sp³-hybridized carbons (Fsp3) is 0.0625. The van der Waals surface area contributed by atoms with Crippen LogP contribution in [-0.2, 0) is 6.54 Å². The molecule has 106 valence electrons. The van der Waals surface area contributed by atoms with Crippen molar-refractivity contribution in [2.45, 2.75) is 6.54 Å². The number of anilines is 1. The Morgan fingerprint density at radius 2 is 1.86 bits per heavy atom. The topological polar surface area (TPSA) is 78.5 Å². The summed E-state index contributed by atoms with van der Waals surface area (Å²) in [5.41, 5.74) is 2.48. The first kappa shape index (κ1) is 13.1. The Morgan fingerprint density at radius 3 is 2.57 bits per heavy atom. The molecule has 2 aromatic carbocycles. The van der Waals surface area contributed by atoms with Crippen LogP contribution in [-0.4, -0.2) is 15.2 Å². The molecule has 5 nitrogen and oxygen atoms in total. The number of rotatable bonds is 4. The van der Waals surface area contributed by atoms with E-state index in [4.69, 9.17) is 4.42 Å².